The maximum absolute atomic E-state index is 13.9. The van der Waals surface area contributed by atoms with Gasteiger partial charge in [-0.25, -0.2) is 9.18 Å². The van der Waals surface area contributed by atoms with Gasteiger partial charge in [0, 0.05) is 13.1 Å². The van der Waals surface area contributed by atoms with E-state index in [1.165, 1.54) is 19.2 Å². The zero-order valence-corrected chi connectivity index (χ0v) is 15.4. The second kappa shape index (κ2) is 9.56. The van der Waals surface area contributed by atoms with Gasteiger partial charge in [0.1, 0.15) is 0 Å². The first kappa shape index (κ1) is 20.2. The van der Waals surface area contributed by atoms with E-state index in [1.54, 1.807) is 11.0 Å². The molecular formula is C20H24FN3O3. The van der Waals surface area contributed by atoms with Gasteiger partial charge < -0.3 is 20.7 Å². The number of ether oxygens (including phenoxy) is 1. The Balaban J connectivity index is 2.12. The first-order chi connectivity index (χ1) is 12.9. The Bertz CT molecular complexity index is 783. The average molecular weight is 373 g/mol. The molecule has 0 spiro atoms. The normalized spacial score (nSPS) is 11.5. The van der Waals surface area contributed by atoms with Crippen LogP contribution in [-0.2, 0) is 11.3 Å². The van der Waals surface area contributed by atoms with Crippen molar-refractivity contribution in [1.29, 1.82) is 0 Å². The van der Waals surface area contributed by atoms with Crippen LogP contribution in [0.1, 0.15) is 30.5 Å². The van der Waals surface area contributed by atoms with Crippen molar-refractivity contribution in [2.45, 2.75) is 25.9 Å². The molecule has 2 aromatic carbocycles. The minimum atomic E-state index is -0.697. The zero-order chi connectivity index (χ0) is 19.8. The fraction of sp³-hybridized carbons (Fsp3) is 0.300. The molecule has 7 heteroatoms. The maximum Gasteiger partial charge on any atom is 0.312 e. The summed E-state index contributed by atoms with van der Waals surface area (Å²) in [7, 11) is 1.40. The number of primary amides is 1. The summed E-state index contributed by atoms with van der Waals surface area (Å²) in [5.41, 5.74) is 6.70. The Hall–Kier alpha value is -3.09. The third-order valence-corrected chi connectivity index (χ3v) is 4.22. The average Bonchev–Trinajstić information content (AvgIpc) is 2.66. The summed E-state index contributed by atoms with van der Waals surface area (Å²) in [6, 6.07) is 12.5. The minimum Gasteiger partial charge on any atom is -0.494 e. The number of benzene rings is 2. The highest BCUT2D eigenvalue weighted by Crippen LogP contribution is 2.21. The first-order valence-electron chi connectivity index (χ1n) is 8.65. The quantitative estimate of drug-likeness (QED) is 0.746. The maximum atomic E-state index is 13.9. The Labute approximate surface area is 158 Å². The van der Waals surface area contributed by atoms with Gasteiger partial charge in [-0.1, -0.05) is 36.4 Å². The number of nitrogens with two attached hydrogens (primary N) is 1. The van der Waals surface area contributed by atoms with E-state index in [0.29, 0.717) is 12.1 Å². The Morgan fingerprint density at radius 2 is 1.93 bits per heavy atom. The molecule has 0 saturated carbocycles. The van der Waals surface area contributed by atoms with Gasteiger partial charge in [-0.3, -0.25) is 4.79 Å². The summed E-state index contributed by atoms with van der Waals surface area (Å²) in [4.78, 5) is 25.7. The molecule has 3 amide bonds. The molecule has 27 heavy (non-hydrogen) atoms. The third kappa shape index (κ3) is 5.70. The molecule has 3 N–H and O–H groups in total. The van der Waals surface area contributed by atoms with Crippen molar-refractivity contribution in [3.8, 4) is 5.75 Å². The molecule has 0 heterocycles. The predicted molar refractivity (Wildman–Crippen MR) is 101 cm³/mol. The number of urea groups is 1. The van der Waals surface area contributed by atoms with Gasteiger partial charge in [-0.15, -0.1) is 0 Å². The van der Waals surface area contributed by atoms with E-state index in [9.17, 15) is 14.0 Å². The standard InChI is InChI=1S/C20H24FN3O3/c1-3-24(13-14-9-10-18(27-2)16(21)11-14)19(25)12-17(23-20(22)26)15-7-5-4-6-8-15/h4-11,17H,3,12-13H2,1-2H3,(H3,22,23,26). The van der Waals surface area contributed by atoms with Gasteiger partial charge in [0.2, 0.25) is 5.91 Å². The second-order valence-corrected chi connectivity index (χ2v) is 6.05. The lowest BCUT2D eigenvalue weighted by atomic mass is 10.0. The SMILES string of the molecule is CCN(Cc1ccc(OC)c(F)c1)C(=O)CC(NC(N)=O)c1ccccc1. The molecule has 2 aromatic rings. The lowest BCUT2D eigenvalue weighted by Gasteiger charge is -2.25. The number of hydrogen-bond donors (Lipinski definition) is 2. The van der Waals surface area contributed by atoms with Crippen molar-refractivity contribution in [1.82, 2.24) is 10.2 Å². The summed E-state index contributed by atoms with van der Waals surface area (Å²) in [6.07, 6.45) is 0.0550. The smallest absolute Gasteiger partial charge is 0.312 e. The van der Waals surface area contributed by atoms with E-state index in [0.717, 1.165) is 5.56 Å². The van der Waals surface area contributed by atoms with Crippen molar-refractivity contribution in [3.05, 3.63) is 65.5 Å². The van der Waals surface area contributed by atoms with Gasteiger partial charge in [0.25, 0.3) is 0 Å². The molecule has 0 bridgehead atoms. The van der Waals surface area contributed by atoms with E-state index >= 15 is 0 Å². The Morgan fingerprint density at radius 3 is 2.48 bits per heavy atom. The van der Waals surface area contributed by atoms with E-state index in [2.05, 4.69) is 5.32 Å². The number of nitrogens with zero attached hydrogens (tertiary/aromatic N) is 1. The van der Waals surface area contributed by atoms with E-state index < -0.39 is 17.9 Å². The Kier molecular flexibility index (Phi) is 7.16. The van der Waals surface area contributed by atoms with Gasteiger partial charge in [0.05, 0.1) is 19.6 Å². The molecule has 0 saturated heterocycles. The molecule has 2 rings (SSSR count). The van der Waals surface area contributed by atoms with Crippen molar-refractivity contribution >= 4 is 11.9 Å². The van der Waals surface area contributed by atoms with E-state index in [-0.39, 0.29) is 24.6 Å². The van der Waals surface area contributed by atoms with E-state index in [1.807, 2.05) is 37.3 Å². The summed E-state index contributed by atoms with van der Waals surface area (Å²) >= 11 is 0. The fourth-order valence-corrected chi connectivity index (χ4v) is 2.82. The molecule has 0 fully saturated rings. The number of carbonyl (C=O) groups is 2. The molecule has 0 radical (unpaired) electrons. The molecule has 0 aromatic heterocycles. The number of halogens is 1. The highest BCUT2D eigenvalue weighted by Gasteiger charge is 2.21. The molecule has 0 aliphatic heterocycles. The highest BCUT2D eigenvalue weighted by atomic mass is 19.1. The van der Waals surface area contributed by atoms with Gasteiger partial charge >= 0.3 is 6.03 Å². The van der Waals surface area contributed by atoms with Crippen molar-refractivity contribution in [3.63, 3.8) is 0 Å². The summed E-state index contributed by atoms with van der Waals surface area (Å²) in [5.74, 6) is -0.490. The molecule has 144 valence electrons. The Morgan fingerprint density at radius 1 is 1.22 bits per heavy atom. The molecular weight excluding hydrogens is 349 g/mol. The first-order valence-corrected chi connectivity index (χ1v) is 8.65. The predicted octanol–water partition coefficient (Wildman–Crippen LogP) is 2.98. The summed E-state index contributed by atoms with van der Waals surface area (Å²) in [6.45, 7) is 2.55. The molecule has 0 aliphatic rings. The highest BCUT2D eigenvalue weighted by molar-refractivity contribution is 5.79. The fourth-order valence-electron chi connectivity index (χ4n) is 2.82. The number of carbonyl (C=O) groups excluding carboxylic acids is 2. The van der Waals surface area contributed by atoms with Crippen LogP contribution >= 0.6 is 0 Å². The van der Waals surface area contributed by atoms with Gasteiger partial charge in [-0.2, -0.15) is 0 Å². The topological polar surface area (TPSA) is 84.7 Å². The number of nitrogens with one attached hydrogen (secondary N) is 1. The van der Waals surface area contributed by atoms with Crippen LogP contribution in [0, 0.1) is 5.82 Å². The number of methoxy groups -OCH3 is 1. The van der Waals surface area contributed by atoms with Crippen molar-refractivity contribution < 1.29 is 18.7 Å². The third-order valence-electron chi connectivity index (χ3n) is 4.22. The van der Waals surface area contributed by atoms with Crippen LogP contribution in [0.3, 0.4) is 0 Å². The van der Waals surface area contributed by atoms with Gasteiger partial charge in [0.15, 0.2) is 11.6 Å². The second-order valence-electron chi connectivity index (χ2n) is 6.05. The molecule has 1 unspecified atom stereocenters. The lowest BCUT2D eigenvalue weighted by Crippen LogP contribution is -2.38. The summed E-state index contributed by atoms with van der Waals surface area (Å²) < 4.78 is 18.8. The number of rotatable bonds is 8. The van der Waals surface area contributed by atoms with Crippen LogP contribution in [0.4, 0.5) is 9.18 Å². The lowest BCUT2D eigenvalue weighted by molar-refractivity contribution is -0.132. The van der Waals surface area contributed by atoms with Crippen molar-refractivity contribution in [2.24, 2.45) is 5.73 Å². The van der Waals surface area contributed by atoms with Crippen LogP contribution in [-0.4, -0.2) is 30.5 Å². The van der Waals surface area contributed by atoms with Crippen LogP contribution in [0.5, 0.6) is 5.75 Å². The molecule has 0 aliphatic carbocycles. The van der Waals surface area contributed by atoms with Crippen LogP contribution < -0.4 is 15.8 Å². The summed E-state index contributed by atoms with van der Waals surface area (Å²) in [5, 5.41) is 2.61. The molecule has 1 atom stereocenters. The van der Waals surface area contributed by atoms with Crippen LogP contribution in [0.2, 0.25) is 0 Å². The van der Waals surface area contributed by atoms with Gasteiger partial charge in [-0.05, 0) is 30.2 Å². The minimum absolute atomic E-state index is 0.0550. The molecule has 6 nitrogen and oxygen atoms in total. The number of amides is 3. The van der Waals surface area contributed by atoms with Crippen LogP contribution in [0.25, 0.3) is 0 Å². The van der Waals surface area contributed by atoms with Crippen molar-refractivity contribution in [2.75, 3.05) is 13.7 Å². The largest absolute Gasteiger partial charge is 0.494 e. The zero-order valence-electron chi connectivity index (χ0n) is 15.4. The van der Waals surface area contributed by atoms with E-state index in [4.69, 9.17) is 10.5 Å². The monoisotopic (exact) mass is 373 g/mol. The number of hydrogen-bond acceptors (Lipinski definition) is 3. The van der Waals surface area contributed by atoms with Crippen LogP contribution in [0.15, 0.2) is 48.5 Å².